The van der Waals surface area contributed by atoms with Gasteiger partial charge in [0, 0.05) is 30.6 Å². The van der Waals surface area contributed by atoms with Gasteiger partial charge in [0.25, 0.3) is 0 Å². The van der Waals surface area contributed by atoms with Crippen molar-refractivity contribution in [2.45, 2.75) is 12.5 Å². The number of fused-ring (bicyclic) bond motifs is 1. The third kappa shape index (κ3) is 2.91. The number of carboxylic acids is 1. The van der Waals surface area contributed by atoms with Crippen LogP contribution in [0.2, 0.25) is 0 Å². The second-order valence-electron chi connectivity index (χ2n) is 5.45. The van der Waals surface area contributed by atoms with E-state index in [0.717, 1.165) is 35.1 Å². The van der Waals surface area contributed by atoms with Gasteiger partial charge < -0.3 is 19.8 Å². The van der Waals surface area contributed by atoms with E-state index in [2.05, 4.69) is 4.90 Å². The van der Waals surface area contributed by atoms with Crippen LogP contribution < -0.4 is 4.90 Å². The summed E-state index contributed by atoms with van der Waals surface area (Å²) < 4.78 is 5.40. The first-order valence-corrected chi connectivity index (χ1v) is 7.41. The van der Waals surface area contributed by atoms with Crippen LogP contribution in [0, 0.1) is 0 Å². The van der Waals surface area contributed by atoms with Crippen LogP contribution in [-0.4, -0.2) is 48.6 Å². The Morgan fingerprint density at radius 1 is 1.14 bits per heavy atom. The molecule has 5 heteroatoms. The molecule has 3 rings (SSSR count). The molecular formula is C17H19NO4. The van der Waals surface area contributed by atoms with Gasteiger partial charge in [-0.15, -0.1) is 0 Å². The Labute approximate surface area is 128 Å². The molecule has 0 radical (unpaired) electrons. The smallest absolute Gasteiger partial charge is 0.332 e. The van der Waals surface area contributed by atoms with E-state index in [0.29, 0.717) is 13.2 Å². The molecule has 0 spiro atoms. The molecule has 0 saturated carbocycles. The summed E-state index contributed by atoms with van der Waals surface area (Å²) in [4.78, 5) is 13.2. The molecule has 0 amide bonds. The Bertz CT molecular complexity index is 679. The predicted molar refractivity (Wildman–Crippen MR) is 84.3 cm³/mol. The number of aliphatic carboxylic acids is 1. The second-order valence-corrected chi connectivity index (χ2v) is 5.45. The number of benzene rings is 2. The highest BCUT2D eigenvalue weighted by atomic mass is 16.5. The number of aliphatic hydroxyl groups is 1. The average molecular weight is 301 g/mol. The molecule has 2 aromatic rings. The van der Waals surface area contributed by atoms with Gasteiger partial charge in [-0.25, -0.2) is 4.79 Å². The van der Waals surface area contributed by atoms with Crippen LogP contribution in [0.3, 0.4) is 0 Å². The van der Waals surface area contributed by atoms with Crippen molar-refractivity contribution < 1.29 is 19.7 Å². The Kier molecular flexibility index (Phi) is 4.27. The fourth-order valence-corrected chi connectivity index (χ4v) is 2.90. The van der Waals surface area contributed by atoms with Crippen molar-refractivity contribution in [1.82, 2.24) is 0 Å². The van der Waals surface area contributed by atoms with E-state index in [1.165, 1.54) is 0 Å². The second kappa shape index (κ2) is 6.34. The zero-order chi connectivity index (χ0) is 15.5. The summed E-state index contributed by atoms with van der Waals surface area (Å²) in [6.45, 7) is 3.13. The number of anilines is 1. The Hall–Kier alpha value is -2.11. The van der Waals surface area contributed by atoms with Crippen LogP contribution in [-0.2, 0) is 16.0 Å². The lowest BCUT2D eigenvalue weighted by molar-refractivity contribution is -0.146. The predicted octanol–water partition coefficient (Wildman–Crippen LogP) is 1.66. The summed E-state index contributed by atoms with van der Waals surface area (Å²) in [5.41, 5.74) is 1.98. The molecule has 5 nitrogen and oxygen atoms in total. The number of rotatable bonds is 4. The van der Waals surface area contributed by atoms with E-state index in [-0.39, 0.29) is 6.42 Å². The van der Waals surface area contributed by atoms with Crippen LogP contribution in [0.1, 0.15) is 5.56 Å². The third-order valence-corrected chi connectivity index (χ3v) is 4.04. The molecular weight excluding hydrogens is 282 g/mol. The van der Waals surface area contributed by atoms with Crippen molar-refractivity contribution in [3.63, 3.8) is 0 Å². The van der Waals surface area contributed by atoms with Crippen molar-refractivity contribution in [3.05, 3.63) is 42.0 Å². The third-order valence-electron chi connectivity index (χ3n) is 4.04. The van der Waals surface area contributed by atoms with Gasteiger partial charge in [-0.05, 0) is 17.0 Å². The van der Waals surface area contributed by atoms with Gasteiger partial charge in [0.05, 0.1) is 13.2 Å². The van der Waals surface area contributed by atoms with E-state index in [1.807, 2.05) is 36.4 Å². The van der Waals surface area contributed by atoms with Crippen LogP contribution in [0.5, 0.6) is 0 Å². The summed E-state index contributed by atoms with van der Waals surface area (Å²) in [7, 11) is 0. The molecule has 2 aromatic carbocycles. The lowest BCUT2D eigenvalue weighted by Crippen LogP contribution is -2.36. The van der Waals surface area contributed by atoms with Gasteiger partial charge in [0.15, 0.2) is 6.10 Å². The van der Waals surface area contributed by atoms with Crippen LogP contribution >= 0.6 is 0 Å². The Morgan fingerprint density at radius 2 is 1.82 bits per heavy atom. The summed E-state index contributed by atoms with van der Waals surface area (Å²) in [6, 6.07) is 11.8. The largest absolute Gasteiger partial charge is 0.479 e. The number of nitrogens with zero attached hydrogens (tertiary/aromatic N) is 1. The molecule has 0 aliphatic carbocycles. The average Bonchev–Trinajstić information content (AvgIpc) is 2.56. The van der Waals surface area contributed by atoms with Gasteiger partial charge in [-0.3, -0.25) is 0 Å². The summed E-state index contributed by atoms with van der Waals surface area (Å²) in [6.07, 6.45) is -1.27. The summed E-state index contributed by atoms with van der Waals surface area (Å²) in [5.74, 6) is -1.19. The highest BCUT2D eigenvalue weighted by molar-refractivity contribution is 5.96. The first-order valence-electron chi connectivity index (χ1n) is 7.41. The van der Waals surface area contributed by atoms with E-state index >= 15 is 0 Å². The van der Waals surface area contributed by atoms with Crippen molar-refractivity contribution in [1.29, 1.82) is 0 Å². The number of carboxylic acid groups (broad SMARTS) is 1. The van der Waals surface area contributed by atoms with Gasteiger partial charge in [-0.2, -0.15) is 0 Å². The molecule has 22 heavy (non-hydrogen) atoms. The van der Waals surface area contributed by atoms with Crippen LogP contribution in [0.4, 0.5) is 5.69 Å². The maximum atomic E-state index is 10.9. The van der Waals surface area contributed by atoms with E-state index in [1.54, 1.807) is 0 Å². The van der Waals surface area contributed by atoms with Gasteiger partial charge in [0.1, 0.15) is 0 Å². The monoisotopic (exact) mass is 301 g/mol. The van der Waals surface area contributed by atoms with E-state index in [9.17, 15) is 9.90 Å². The number of aliphatic hydroxyl groups excluding tert-OH is 1. The fraction of sp³-hybridized carbons (Fsp3) is 0.353. The number of carbonyl (C=O) groups is 1. The highest BCUT2D eigenvalue weighted by Gasteiger charge is 2.18. The van der Waals surface area contributed by atoms with Gasteiger partial charge in [0.2, 0.25) is 0 Å². The standard InChI is InChI=1S/C17H19NO4/c19-16(17(20)21)11-12-5-6-15(18-7-9-22-10-8-18)14-4-2-1-3-13(12)14/h1-6,16,19H,7-11H2,(H,20,21). The zero-order valence-electron chi connectivity index (χ0n) is 12.2. The molecule has 1 saturated heterocycles. The minimum absolute atomic E-state index is 0.110. The van der Waals surface area contributed by atoms with E-state index < -0.39 is 12.1 Å². The number of hydrogen-bond acceptors (Lipinski definition) is 4. The first-order chi connectivity index (χ1) is 10.7. The molecule has 2 N–H and O–H groups in total. The lowest BCUT2D eigenvalue weighted by Gasteiger charge is -2.30. The zero-order valence-corrected chi connectivity index (χ0v) is 12.2. The normalized spacial score (nSPS) is 16.7. The number of ether oxygens (including phenoxy) is 1. The Morgan fingerprint density at radius 3 is 2.50 bits per heavy atom. The molecule has 1 fully saturated rings. The summed E-state index contributed by atoms with van der Waals surface area (Å²) in [5, 5.41) is 20.6. The highest BCUT2D eigenvalue weighted by Crippen LogP contribution is 2.30. The summed E-state index contributed by atoms with van der Waals surface area (Å²) >= 11 is 0. The van der Waals surface area contributed by atoms with Gasteiger partial charge >= 0.3 is 5.97 Å². The quantitative estimate of drug-likeness (QED) is 0.899. The Balaban J connectivity index is 2.01. The van der Waals surface area contributed by atoms with Crippen LogP contribution in [0.25, 0.3) is 10.8 Å². The maximum Gasteiger partial charge on any atom is 0.332 e. The minimum atomic E-state index is -1.38. The topological polar surface area (TPSA) is 70.0 Å². The van der Waals surface area contributed by atoms with E-state index in [4.69, 9.17) is 9.84 Å². The number of hydrogen-bond donors (Lipinski definition) is 2. The van der Waals surface area contributed by atoms with Crippen molar-refractivity contribution in [2.75, 3.05) is 31.2 Å². The molecule has 1 aliphatic rings. The lowest BCUT2D eigenvalue weighted by atomic mass is 9.98. The molecule has 0 aromatic heterocycles. The molecule has 116 valence electrons. The minimum Gasteiger partial charge on any atom is -0.479 e. The molecule has 0 bridgehead atoms. The van der Waals surface area contributed by atoms with Crippen molar-refractivity contribution in [3.8, 4) is 0 Å². The van der Waals surface area contributed by atoms with Crippen molar-refractivity contribution in [2.24, 2.45) is 0 Å². The molecule has 1 heterocycles. The van der Waals surface area contributed by atoms with Crippen LogP contribution in [0.15, 0.2) is 36.4 Å². The molecule has 1 aliphatic heterocycles. The number of morpholine rings is 1. The molecule has 1 unspecified atom stereocenters. The maximum absolute atomic E-state index is 10.9. The molecule has 1 atom stereocenters. The van der Waals surface area contributed by atoms with Gasteiger partial charge in [-0.1, -0.05) is 30.3 Å². The van der Waals surface area contributed by atoms with Crippen molar-refractivity contribution >= 4 is 22.4 Å². The fourth-order valence-electron chi connectivity index (χ4n) is 2.90. The SMILES string of the molecule is O=C(O)C(O)Cc1ccc(N2CCOCC2)c2ccccc12. The first kappa shape index (κ1) is 14.8.